The van der Waals surface area contributed by atoms with Gasteiger partial charge in [-0.3, -0.25) is 0 Å². The second kappa shape index (κ2) is 8.35. The number of amides is 1. The first-order valence-electron chi connectivity index (χ1n) is 12.4. The van der Waals surface area contributed by atoms with Gasteiger partial charge < -0.3 is 20.1 Å². The van der Waals surface area contributed by atoms with Crippen molar-refractivity contribution in [2.24, 2.45) is 23.0 Å². The zero-order valence-electron chi connectivity index (χ0n) is 20.1. The predicted octanol–water partition coefficient (Wildman–Crippen LogP) is 5.36. The third-order valence-electron chi connectivity index (χ3n) is 8.47. The third kappa shape index (κ3) is 3.71. The van der Waals surface area contributed by atoms with Crippen molar-refractivity contribution in [3.8, 4) is 16.9 Å². The summed E-state index contributed by atoms with van der Waals surface area (Å²) in [5.41, 5.74) is 9.64. The van der Waals surface area contributed by atoms with Crippen molar-refractivity contribution in [2.45, 2.75) is 52.1 Å². The van der Waals surface area contributed by atoms with Crippen LogP contribution in [0.25, 0.3) is 11.1 Å². The van der Waals surface area contributed by atoms with Crippen molar-refractivity contribution in [3.63, 3.8) is 0 Å². The molecule has 5 nitrogen and oxygen atoms in total. The number of ether oxygens (including phenoxy) is 2. The molecule has 176 valence electrons. The lowest BCUT2D eigenvalue weighted by Crippen LogP contribution is -2.62. The minimum absolute atomic E-state index is 0.195. The molecule has 33 heavy (non-hydrogen) atoms. The van der Waals surface area contributed by atoms with Crippen LogP contribution in [0.15, 0.2) is 42.5 Å². The maximum Gasteiger partial charge on any atom is 0.405 e. The molecule has 2 bridgehead atoms. The lowest BCUT2D eigenvalue weighted by atomic mass is 9.53. The summed E-state index contributed by atoms with van der Waals surface area (Å²) in [6.45, 7) is 10.5. The molecule has 2 N–H and O–H groups in total. The van der Waals surface area contributed by atoms with Crippen LogP contribution in [-0.4, -0.2) is 37.2 Å². The van der Waals surface area contributed by atoms with Gasteiger partial charge >= 0.3 is 6.09 Å². The van der Waals surface area contributed by atoms with Gasteiger partial charge in [-0.25, -0.2) is 4.79 Å². The number of nitrogens with zero attached hydrogens (tertiary/aromatic N) is 1. The number of nitrogens with two attached hydrogens (primary N) is 1. The molecule has 0 aromatic heterocycles. The summed E-state index contributed by atoms with van der Waals surface area (Å²) in [5, 5.41) is 0. The highest BCUT2D eigenvalue weighted by Gasteiger charge is 2.60. The van der Waals surface area contributed by atoms with Crippen molar-refractivity contribution in [1.29, 1.82) is 0 Å². The molecule has 4 aliphatic rings. The Morgan fingerprint density at radius 1 is 1.09 bits per heavy atom. The first-order valence-corrected chi connectivity index (χ1v) is 12.4. The standard InChI is InChI=1S/C28H36N2O3/c1-4-32-23-8-5-19(6-9-23)21-7-10-24-22(17-21)11-14-27(2,3)28(24,33-26(29)31)25-18-30-15-12-20(25)13-16-30/h5-10,17,20,25H,4,11-16,18H2,1-3H3,(H2,29,31)/t25-,28-/m1/s1. The van der Waals surface area contributed by atoms with E-state index in [4.69, 9.17) is 15.2 Å². The SMILES string of the molecule is CCOc1ccc(-c2ccc3c(c2)CCC(C)(C)[C@]3(OC(N)=O)[C@@H]2CN3CCC2CC3)cc1. The smallest absolute Gasteiger partial charge is 0.405 e. The first-order chi connectivity index (χ1) is 15.8. The van der Waals surface area contributed by atoms with Crippen LogP contribution < -0.4 is 10.5 Å². The van der Waals surface area contributed by atoms with Crippen molar-refractivity contribution in [3.05, 3.63) is 53.6 Å². The lowest BCUT2D eigenvalue weighted by molar-refractivity contribution is -0.173. The van der Waals surface area contributed by atoms with Gasteiger partial charge in [0.25, 0.3) is 0 Å². The number of carbonyl (C=O) groups is 1. The number of aryl methyl sites for hydroxylation is 1. The molecule has 2 aromatic rings. The maximum atomic E-state index is 12.4. The molecule has 3 aliphatic heterocycles. The quantitative estimate of drug-likeness (QED) is 0.669. The van der Waals surface area contributed by atoms with Crippen molar-refractivity contribution in [1.82, 2.24) is 4.90 Å². The van der Waals surface area contributed by atoms with E-state index in [1.54, 1.807) is 0 Å². The third-order valence-corrected chi connectivity index (χ3v) is 8.47. The summed E-state index contributed by atoms with van der Waals surface area (Å²) in [5.74, 6) is 1.71. The predicted molar refractivity (Wildman–Crippen MR) is 130 cm³/mol. The average molecular weight is 449 g/mol. The highest BCUT2D eigenvalue weighted by Crippen LogP contribution is 2.59. The van der Waals surface area contributed by atoms with Crippen molar-refractivity contribution < 1.29 is 14.3 Å². The topological polar surface area (TPSA) is 64.8 Å². The molecule has 5 heteroatoms. The van der Waals surface area contributed by atoms with Crippen LogP contribution in [0.2, 0.25) is 0 Å². The van der Waals surface area contributed by atoms with Crippen LogP contribution in [0.3, 0.4) is 0 Å². The lowest BCUT2D eigenvalue weighted by Gasteiger charge is -2.59. The van der Waals surface area contributed by atoms with Crippen molar-refractivity contribution in [2.75, 3.05) is 26.2 Å². The number of benzene rings is 2. The molecule has 0 radical (unpaired) electrons. The number of rotatable bonds is 5. The summed E-state index contributed by atoms with van der Waals surface area (Å²) in [4.78, 5) is 14.9. The molecule has 2 atom stereocenters. The molecule has 6 rings (SSSR count). The largest absolute Gasteiger partial charge is 0.494 e. The van der Waals surface area contributed by atoms with Gasteiger partial charge in [0.1, 0.15) is 11.4 Å². The first kappa shape index (κ1) is 22.3. The molecule has 0 spiro atoms. The van der Waals surface area contributed by atoms with E-state index in [0.717, 1.165) is 49.4 Å². The zero-order valence-corrected chi connectivity index (χ0v) is 20.1. The van der Waals surface area contributed by atoms with E-state index in [9.17, 15) is 4.79 Å². The molecule has 0 unspecified atom stereocenters. The molecule has 1 aliphatic carbocycles. The Kier molecular flexibility index (Phi) is 5.64. The number of fused-ring (bicyclic) bond motifs is 4. The zero-order chi connectivity index (χ0) is 23.2. The monoisotopic (exact) mass is 448 g/mol. The molecular weight excluding hydrogens is 412 g/mol. The number of piperidine rings is 3. The molecule has 3 heterocycles. The van der Waals surface area contributed by atoms with E-state index >= 15 is 0 Å². The normalized spacial score (nSPS) is 29.8. The van der Waals surface area contributed by atoms with Gasteiger partial charge in [0.05, 0.1) is 6.61 Å². The summed E-state index contributed by atoms with van der Waals surface area (Å²) >= 11 is 0. The van der Waals surface area contributed by atoms with Crippen LogP contribution in [0.1, 0.15) is 51.2 Å². The van der Waals surface area contributed by atoms with Crippen LogP contribution >= 0.6 is 0 Å². The van der Waals surface area contributed by atoms with Gasteiger partial charge in [-0.2, -0.15) is 0 Å². The van der Waals surface area contributed by atoms with E-state index in [-0.39, 0.29) is 11.3 Å². The fraction of sp³-hybridized carbons (Fsp3) is 0.536. The average Bonchev–Trinajstić information content (AvgIpc) is 2.82. The Bertz CT molecular complexity index is 1020. The fourth-order valence-electron chi connectivity index (χ4n) is 6.80. The van der Waals surface area contributed by atoms with Gasteiger partial charge in [0.2, 0.25) is 0 Å². The molecule has 3 saturated heterocycles. The number of carbonyl (C=O) groups excluding carboxylic acids is 1. The van der Waals surface area contributed by atoms with E-state index in [2.05, 4.69) is 49.1 Å². The minimum Gasteiger partial charge on any atom is -0.494 e. The van der Waals surface area contributed by atoms with Crippen molar-refractivity contribution >= 4 is 6.09 Å². The van der Waals surface area contributed by atoms with E-state index < -0.39 is 11.7 Å². The number of hydrogen-bond acceptors (Lipinski definition) is 4. The van der Waals surface area contributed by atoms with E-state index in [0.29, 0.717) is 12.5 Å². The Morgan fingerprint density at radius 2 is 1.79 bits per heavy atom. The summed E-state index contributed by atoms with van der Waals surface area (Å²) in [6.07, 6.45) is 3.61. The van der Waals surface area contributed by atoms with Gasteiger partial charge in [-0.15, -0.1) is 0 Å². The van der Waals surface area contributed by atoms with Gasteiger partial charge in [-0.1, -0.05) is 44.2 Å². The van der Waals surface area contributed by atoms with Crippen LogP contribution in [0.5, 0.6) is 5.75 Å². The van der Waals surface area contributed by atoms with Gasteiger partial charge in [-0.05, 0) is 86.0 Å². The Labute approximate surface area is 197 Å². The Balaban J connectivity index is 1.59. The van der Waals surface area contributed by atoms with Crippen LogP contribution in [0, 0.1) is 17.3 Å². The van der Waals surface area contributed by atoms with E-state index in [1.807, 2.05) is 19.1 Å². The summed E-state index contributed by atoms with van der Waals surface area (Å²) < 4.78 is 11.9. The second-order valence-corrected chi connectivity index (χ2v) is 10.6. The van der Waals surface area contributed by atoms with Crippen LogP contribution in [-0.2, 0) is 16.8 Å². The minimum atomic E-state index is -0.701. The van der Waals surface area contributed by atoms with Crippen LogP contribution in [0.4, 0.5) is 4.79 Å². The number of primary amides is 1. The fourth-order valence-corrected chi connectivity index (χ4v) is 6.80. The molecular formula is C28H36N2O3. The highest BCUT2D eigenvalue weighted by atomic mass is 16.6. The molecule has 2 aromatic carbocycles. The van der Waals surface area contributed by atoms with E-state index in [1.165, 1.54) is 24.0 Å². The maximum absolute atomic E-state index is 12.4. The highest BCUT2D eigenvalue weighted by molar-refractivity contribution is 5.68. The summed E-state index contributed by atoms with van der Waals surface area (Å²) in [6, 6.07) is 14.9. The number of hydrogen-bond donors (Lipinski definition) is 1. The molecule has 1 amide bonds. The Hall–Kier alpha value is -2.53. The molecule has 0 saturated carbocycles. The summed E-state index contributed by atoms with van der Waals surface area (Å²) in [7, 11) is 0. The van der Waals surface area contributed by atoms with Gasteiger partial charge in [0, 0.05) is 17.9 Å². The Morgan fingerprint density at radius 3 is 2.39 bits per heavy atom. The second-order valence-electron chi connectivity index (χ2n) is 10.6. The van der Waals surface area contributed by atoms with Gasteiger partial charge in [0.15, 0.2) is 0 Å². The molecule has 3 fully saturated rings.